The van der Waals surface area contributed by atoms with Crippen LogP contribution in [-0.2, 0) is 10.7 Å². The summed E-state index contributed by atoms with van der Waals surface area (Å²) in [6.07, 6.45) is 4.76. The van der Waals surface area contributed by atoms with Crippen molar-refractivity contribution in [2.75, 3.05) is 26.0 Å². The molecule has 6 heteroatoms. The van der Waals surface area contributed by atoms with Gasteiger partial charge in [-0.15, -0.1) is 0 Å². The van der Waals surface area contributed by atoms with Crippen LogP contribution in [0.15, 0.2) is 30.4 Å². The highest BCUT2D eigenvalue weighted by Gasteiger charge is 2.24. The van der Waals surface area contributed by atoms with Gasteiger partial charge in [0.25, 0.3) is 0 Å². The molecule has 0 aromatic heterocycles. The highest BCUT2D eigenvalue weighted by atomic mass is 32.2. The van der Waals surface area contributed by atoms with Gasteiger partial charge in [-0.25, -0.2) is 8.42 Å². The molecule has 0 aliphatic carbocycles. The minimum atomic E-state index is -2.37. The van der Waals surface area contributed by atoms with E-state index in [4.69, 9.17) is 9.47 Å². The van der Waals surface area contributed by atoms with E-state index < -0.39 is 10.7 Å². The zero-order chi connectivity index (χ0) is 15.9. The molecule has 1 heterocycles. The van der Waals surface area contributed by atoms with E-state index in [-0.39, 0.29) is 17.7 Å². The Balaban J connectivity index is 2.28. The second-order valence-electron chi connectivity index (χ2n) is 5.16. The van der Waals surface area contributed by atoms with E-state index in [2.05, 4.69) is 17.5 Å². The van der Waals surface area contributed by atoms with E-state index in [0.29, 0.717) is 24.5 Å². The molecule has 5 nitrogen and oxygen atoms in total. The maximum absolute atomic E-state index is 11.0. The van der Waals surface area contributed by atoms with E-state index >= 15 is 0 Å². The Kier molecular flexibility index (Phi) is 6.27. The second-order valence-corrected chi connectivity index (χ2v) is 6.27. The minimum absolute atomic E-state index is 0.0942. The smallest absolute Gasteiger partial charge is 0.161 e. The zero-order valence-electron chi connectivity index (χ0n) is 13.0. The SMILES string of the molecule is CCOc1cc(C(CC[SH](=O)=O)C2C=CCN2)ccc1OC. The molecule has 0 fully saturated rings. The molecule has 2 rings (SSSR count). The van der Waals surface area contributed by atoms with Crippen LogP contribution in [0.4, 0.5) is 0 Å². The Hall–Kier alpha value is -1.53. The monoisotopic (exact) mass is 325 g/mol. The van der Waals surface area contributed by atoms with Gasteiger partial charge < -0.3 is 14.8 Å². The van der Waals surface area contributed by atoms with Crippen molar-refractivity contribution < 1.29 is 17.9 Å². The molecule has 2 unspecified atom stereocenters. The number of thiol groups is 1. The Morgan fingerprint density at radius 1 is 1.36 bits per heavy atom. The fourth-order valence-corrected chi connectivity index (χ4v) is 3.24. The normalized spacial score (nSPS) is 18.6. The van der Waals surface area contributed by atoms with Crippen LogP contribution in [0.5, 0.6) is 11.5 Å². The first-order valence-corrected chi connectivity index (χ1v) is 8.84. The zero-order valence-corrected chi connectivity index (χ0v) is 13.8. The van der Waals surface area contributed by atoms with Gasteiger partial charge in [-0.1, -0.05) is 18.2 Å². The Morgan fingerprint density at radius 3 is 2.77 bits per heavy atom. The van der Waals surface area contributed by atoms with E-state index in [1.807, 2.05) is 25.1 Å². The van der Waals surface area contributed by atoms with Crippen molar-refractivity contribution in [2.45, 2.75) is 25.3 Å². The van der Waals surface area contributed by atoms with Crippen LogP contribution in [-0.4, -0.2) is 40.5 Å². The number of rotatable bonds is 8. The lowest BCUT2D eigenvalue weighted by molar-refractivity contribution is 0.310. The van der Waals surface area contributed by atoms with Crippen LogP contribution in [0.1, 0.15) is 24.8 Å². The predicted molar refractivity (Wildman–Crippen MR) is 87.6 cm³/mol. The van der Waals surface area contributed by atoms with E-state index in [9.17, 15) is 8.42 Å². The van der Waals surface area contributed by atoms with Gasteiger partial charge in [0.2, 0.25) is 0 Å². The number of ether oxygens (including phenoxy) is 2. The quantitative estimate of drug-likeness (QED) is 0.563. The molecule has 0 spiro atoms. The van der Waals surface area contributed by atoms with Gasteiger partial charge >= 0.3 is 0 Å². The fraction of sp³-hybridized carbons (Fsp3) is 0.500. The van der Waals surface area contributed by atoms with Crippen molar-refractivity contribution in [3.63, 3.8) is 0 Å². The molecule has 1 N–H and O–H groups in total. The summed E-state index contributed by atoms with van der Waals surface area (Å²) in [5, 5.41) is 3.38. The maximum Gasteiger partial charge on any atom is 0.161 e. The number of nitrogens with one attached hydrogen (secondary N) is 1. The van der Waals surface area contributed by atoms with Crippen LogP contribution in [0.25, 0.3) is 0 Å². The molecule has 1 aliphatic rings. The van der Waals surface area contributed by atoms with Crippen molar-refractivity contribution >= 4 is 10.7 Å². The molecule has 22 heavy (non-hydrogen) atoms. The average Bonchev–Trinajstić information content (AvgIpc) is 3.02. The Morgan fingerprint density at radius 2 is 2.18 bits per heavy atom. The van der Waals surface area contributed by atoms with Crippen LogP contribution >= 0.6 is 0 Å². The molecular weight excluding hydrogens is 302 g/mol. The van der Waals surface area contributed by atoms with Crippen molar-refractivity contribution in [1.29, 1.82) is 0 Å². The van der Waals surface area contributed by atoms with Crippen molar-refractivity contribution in [2.24, 2.45) is 0 Å². The third-order valence-corrected chi connectivity index (χ3v) is 4.41. The largest absolute Gasteiger partial charge is 0.493 e. The van der Waals surface area contributed by atoms with Crippen molar-refractivity contribution in [1.82, 2.24) is 5.32 Å². The van der Waals surface area contributed by atoms with E-state index in [1.54, 1.807) is 7.11 Å². The third-order valence-electron chi connectivity index (χ3n) is 3.79. The lowest BCUT2D eigenvalue weighted by atomic mass is 9.89. The molecule has 0 amide bonds. The third kappa shape index (κ3) is 4.24. The standard InChI is InChI=1S/C16H23NO4S/c1-3-21-16-11-12(6-7-15(16)20-2)13(8-10-22(18)19)14-5-4-9-17-14/h4-7,11,13-14,17,22H,3,8-10H2,1-2H3. The van der Waals surface area contributed by atoms with E-state index in [1.165, 1.54) is 0 Å². The molecule has 0 bridgehead atoms. The first-order valence-electron chi connectivity index (χ1n) is 7.48. The van der Waals surface area contributed by atoms with Gasteiger partial charge in [0.1, 0.15) is 10.7 Å². The average molecular weight is 325 g/mol. The van der Waals surface area contributed by atoms with Crippen LogP contribution < -0.4 is 14.8 Å². The minimum Gasteiger partial charge on any atom is -0.493 e. The van der Waals surface area contributed by atoms with Gasteiger partial charge in [0.15, 0.2) is 11.5 Å². The molecule has 0 saturated carbocycles. The van der Waals surface area contributed by atoms with E-state index in [0.717, 1.165) is 12.1 Å². The summed E-state index contributed by atoms with van der Waals surface area (Å²) in [5.41, 5.74) is 1.06. The highest BCUT2D eigenvalue weighted by molar-refractivity contribution is 7.72. The highest BCUT2D eigenvalue weighted by Crippen LogP contribution is 2.34. The summed E-state index contributed by atoms with van der Waals surface area (Å²) in [6, 6.07) is 5.97. The second kappa shape index (κ2) is 8.19. The van der Waals surface area contributed by atoms with Crippen LogP contribution in [0.3, 0.4) is 0 Å². The van der Waals surface area contributed by atoms with Crippen LogP contribution in [0, 0.1) is 0 Å². The molecule has 1 aromatic rings. The lowest BCUT2D eigenvalue weighted by Crippen LogP contribution is -2.30. The van der Waals surface area contributed by atoms with Crippen molar-refractivity contribution in [3.8, 4) is 11.5 Å². The lowest BCUT2D eigenvalue weighted by Gasteiger charge is -2.24. The van der Waals surface area contributed by atoms with Gasteiger partial charge in [-0.2, -0.15) is 0 Å². The van der Waals surface area contributed by atoms with Crippen LogP contribution in [0.2, 0.25) is 0 Å². The topological polar surface area (TPSA) is 64.6 Å². The molecule has 2 atom stereocenters. The molecule has 122 valence electrons. The molecule has 1 aliphatic heterocycles. The number of hydrogen-bond donors (Lipinski definition) is 2. The Bertz CT molecular complexity index is 590. The van der Waals surface area contributed by atoms with Crippen molar-refractivity contribution in [3.05, 3.63) is 35.9 Å². The van der Waals surface area contributed by atoms with Gasteiger partial charge in [-0.3, -0.25) is 0 Å². The summed E-state index contributed by atoms with van der Waals surface area (Å²) in [4.78, 5) is 0. The first kappa shape index (κ1) is 16.8. The van der Waals surface area contributed by atoms with Gasteiger partial charge in [0.05, 0.1) is 13.7 Å². The van der Waals surface area contributed by atoms with Gasteiger partial charge in [0, 0.05) is 24.3 Å². The summed E-state index contributed by atoms with van der Waals surface area (Å²) in [6.45, 7) is 3.30. The summed E-state index contributed by atoms with van der Waals surface area (Å²) < 4.78 is 32.9. The van der Waals surface area contributed by atoms with Gasteiger partial charge in [-0.05, 0) is 31.0 Å². The first-order chi connectivity index (χ1) is 10.7. The number of methoxy groups -OCH3 is 1. The summed E-state index contributed by atoms with van der Waals surface area (Å²) >= 11 is 0. The molecule has 0 saturated heterocycles. The molecular formula is C16H23NO4S. The number of benzene rings is 1. The summed E-state index contributed by atoms with van der Waals surface area (Å²) in [5.74, 6) is 1.66. The maximum atomic E-state index is 11.0. The summed E-state index contributed by atoms with van der Waals surface area (Å²) in [7, 11) is -0.760. The fourth-order valence-electron chi connectivity index (χ4n) is 2.75. The molecule has 1 aromatic carbocycles. The Labute approximate surface area is 133 Å². The molecule has 0 radical (unpaired) electrons. The number of hydrogen-bond acceptors (Lipinski definition) is 5. The predicted octanol–water partition coefficient (Wildman–Crippen LogP) is 1.71.